The summed E-state index contributed by atoms with van der Waals surface area (Å²) < 4.78 is 0. The van der Waals surface area contributed by atoms with Gasteiger partial charge in [0.05, 0.1) is 22.6 Å². The molecule has 10 aromatic rings. The van der Waals surface area contributed by atoms with Gasteiger partial charge in [-0.15, -0.1) is 0 Å². The molecule has 0 saturated carbocycles. The molecule has 0 spiro atoms. The first-order chi connectivity index (χ1) is 30.0. The topological polar surface area (TPSA) is 19.4 Å². The van der Waals surface area contributed by atoms with Crippen molar-refractivity contribution >= 4 is 55.8 Å². The third-order valence-electron chi connectivity index (χ3n) is 12.4. The van der Waals surface area contributed by atoms with Gasteiger partial charge in [0.25, 0.3) is 0 Å². The van der Waals surface area contributed by atoms with Gasteiger partial charge in [-0.05, 0) is 112 Å². The molecular weight excluding hydrogens is 739 g/mol. The number of para-hydroxylation sites is 2. The van der Waals surface area contributed by atoms with Crippen molar-refractivity contribution in [3.63, 3.8) is 0 Å². The van der Waals surface area contributed by atoms with Crippen molar-refractivity contribution in [3.05, 3.63) is 236 Å². The summed E-state index contributed by atoms with van der Waals surface area (Å²) in [5.41, 5.74) is 16.8. The molecule has 0 radical (unpaired) electrons. The number of nitrogens with zero attached hydrogens (tertiary/aromatic N) is 3. The zero-order chi connectivity index (χ0) is 40.9. The maximum absolute atomic E-state index is 5.33. The Hall–Kier alpha value is -7.75. The highest BCUT2D eigenvalue weighted by atomic mass is 15.2. The van der Waals surface area contributed by atoms with E-state index in [0.29, 0.717) is 0 Å². The van der Waals surface area contributed by atoms with Crippen molar-refractivity contribution in [2.24, 2.45) is 0 Å². The predicted molar refractivity (Wildman–Crippen MR) is 257 cm³/mol. The third-order valence-corrected chi connectivity index (χ3v) is 12.4. The number of benzene rings is 9. The van der Waals surface area contributed by atoms with Gasteiger partial charge in [0, 0.05) is 44.5 Å². The van der Waals surface area contributed by atoms with Crippen LogP contribution in [0.3, 0.4) is 0 Å². The van der Waals surface area contributed by atoms with Gasteiger partial charge in [-0.25, -0.2) is 4.98 Å². The molecule has 0 saturated heterocycles. The highest BCUT2D eigenvalue weighted by Gasteiger charge is 2.38. The van der Waals surface area contributed by atoms with Crippen LogP contribution in [-0.2, 0) is 5.41 Å². The standard InChI is InChI=1S/C58H43N3/c1-58(2)52-38-44(57-51-24-13-12-22-49(51)50-23-14-15-25-54(50)59-57)30-36-55(52)61(45-20-10-5-11-21-45)56-37-35-48(39-53(56)58)60(46-31-26-42(27-32-46)40-16-6-3-7-17-40)47-33-28-43(29-34-47)41-18-8-4-9-19-41/h3-39H,1-2H3. The molecule has 3 heteroatoms. The highest BCUT2D eigenvalue weighted by molar-refractivity contribution is 6.11. The molecule has 3 nitrogen and oxygen atoms in total. The minimum absolute atomic E-state index is 0.366. The van der Waals surface area contributed by atoms with Crippen LogP contribution in [0.25, 0.3) is 55.2 Å². The maximum Gasteiger partial charge on any atom is 0.0788 e. The Labute approximate surface area is 357 Å². The number of pyridine rings is 1. The van der Waals surface area contributed by atoms with Gasteiger partial charge in [0.1, 0.15) is 0 Å². The minimum Gasteiger partial charge on any atom is -0.310 e. The van der Waals surface area contributed by atoms with Crippen LogP contribution in [0.15, 0.2) is 224 Å². The molecule has 0 atom stereocenters. The molecule has 0 N–H and O–H groups in total. The average Bonchev–Trinajstić information content (AvgIpc) is 3.33. The SMILES string of the molecule is CC1(C)c2cc(-c3nc4ccccc4c4ccccc34)ccc2N(c2ccccc2)c2ccc(N(c3ccc(-c4ccccc4)cc3)c3ccc(-c4ccccc4)cc3)cc21. The summed E-state index contributed by atoms with van der Waals surface area (Å²) in [5, 5.41) is 3.55. The molecular formula is C58H43N3. The molecule has 1 aliphatic heterocycles. The lowest BCUT2D eigenvalue weighted by molar-refractivity contribution is 0.632. The van der Waals surface area contributed by atoms with Crippen LogP contribution in [0.1, 0.15) is 25.0 Å². The van der Waals surface area contributed by atoms with Crippen LogP contribution >= 0.6 is 0 Å². The Kier molecular flexibility index (Phi) is 8.82. The van der Waals surface area contributed by atoms with Crippen LogP contribution in [0.4, 0.5) is 34.1 Å². The number of rotatable bonds is 7. The molecule has 61 heavy (non-hydrogen) atoms. The van der Waals surface area contributed by atoms with Gasteiger partial charge in [0.2, 0.25) is 0 Å². The van der Waals surface area contributed by atoms with Crippen LogP contribution in [0.2, 0.25) is 0 Å². The zero-order valence-corrected chi connectivity index (χ0v) is 34.2. The Morgan fingerprint density at radius 1 is 0.377 bits per heavy atom. The van der Waals surface area contributed by atoms with E-state index >= 15 is 0 Å². The van der Waals surface area contributed by atoms with Crippen molar-refractivity contribution < 1.29 is 0 Å². The van der Waals surface area contributed by atoms with Gasteiger partial charge in [-0.3, -0.25) is 0 Å². The lowest BCUT2D eigenvalue weighted by atomic mass is 9.72. The normalized spacial score (nSPS) is 12.9. The summed E-state index contributed by atoms with van der Waals surface area (Å²) in [6, 6.07) is 81.0. The highest BCUT2D eigenvalue weighted by Crippen LogP contribution is 2.54. The molecule has 11 rings (SSSR count). The molecule has 9 aromatic carbocycles. The van der Waals surface area contributed by atoms with E-state index in [4.69, 9.17) is 4.98 Å². The summed E-state index contributed by atoms with van der Waals surface area (Å²) in [4.78, 5) is 10.2. The van der Waals surface area contributed by atoms with E-state index in [1.807, 2.05) is 0 Å². The third kappa shape index (κ3) is 6.34. The van der Waals surface area contributed by atoms with Gasteiger partial charge in [-0.1, -0.05) is 166 Å². The number of hydrogen-bond donors (Lipinski definition) is 0. The van der Waals surface area contributed by atoms with Crippen molar-refractivity contribution in [2.45, 2.75) is 19.3 Å². The van der Waals surface area contributed by atoms with Gasteiger partial charge in [-0.2, -0.15) is 0 Å². The first-order valence-corrected chi connectivity index (χ1v) is 21.0. The summed E-state index contributed by atoms with van der Waals surface area (Å²) >= 11 is 0. The number of aromatic nitrogens is 1. The Morgan fingerprint density at radius 3 is 1.43 bits per heavy atom. The Morgan fingerprint density at radius 2 is 0.820 bits per heavy atom. The van der Waals surface area contributed by atoms with Gasteiger partial charge < -0.3 is 9.80 Å². The lowest BCUT2D eigenvalue weighted by Crippen LogP contribution is -2.31. The molecule has 1 aromatic heterocycles. The van der Waals surface area contributed by atoms with E-state index in [0.717, 1.165) is 44.9 Å². The lowest BCUT2D eigenvalue weighted by Gasteiger charge is -2.43. The second-order valence-electron chi connectivity index (χ2n) is 16.4. The predicted octanol–water partition coefficient (Wildman–Crippen LogP) is 16.0. The fraction of sp³-hybridized carbons (Fsp3) is 0.0517. The molecule has 0 fully saturated rings. The minimum atomic E-state index is -0.366. The molecule has 0 bridgehead atoms. The van der Waals surface area contributed by atoms with Crippen LogP contribution in [-0.4, -0.2) is 4.98 Å². The Balaban J connectivity index is 1.08. The second-order valence-corrected chi connectivity index (χ2v) is 16.4. The Bertz CT molecular complexity index is 3110. The zero-order valence-electron chi connectivity index (χ0n) is 34.2. The fourth-order valence-electron chi connectivity index (χ4n) is 9.31. The van der Waals surface area contributed by atoms with Gasteiger partial charge >= 0.3 is 0 Å². The smallest absolute Gasteiger partial charge is 0.0788 e. The van der Waals surface area contributed by atoms with Crippen LogP contribution in [0.5, 0.6) is 0 Å². The molecule has 2 heterocycles. The molecule has 1 aliphatic rings. The maximum atomic E-state index is 5.33. The monoisotopic (exact) mass is 781 g/mol. The van der Waals surface area contributed by atoms with Gasteiger partial charge in [0.15, 0.2) is 0 Å². The summed E-state index contributed by atoms with van der Waals surface area (Å²) in [6.45, 7) is 4.75. The quantitative estimate of drug-likeness (QED) is 0.150. The van der Waals surface area contributed by atoms with Crippen molar-refractivity contribution in [2.75, 3.05) is 9.80 Å². The second kappa shape index (κ2) is 14.8. The first-order valence-electron chi connectivity index (χ1n) is 21.0. The summed E-state index contributed by atoms with van der Waals surface area (Å²) in [7, 11) is 0. The van der Waals surface area contributed by atoms with E-state index in [2.05, 4.69) is 248 Å². The fourth-order valence-corrected chi connectivity index (χ4v) is 9.31. The van der Waals surface area contributed by atoms with E-state index in [-0.39, 0.29) is 5.41 Å². The van der Waals surface area contributed by atoms with Crippen molar-refractivity contribution in [1.82, 2.24) is 4.98 Å². The van der Waals surface area contributed by atoms with E-state index < -0.39 is 0 Å². The average molecular weight is 782 g/mol. The number of hydrogen-bond acceptors (Lipinski definition) is 3. The molecule has 0 aliphatic carbocycles. The number of fused-ring (bicyclic) bond motifs is 5. The molecule has 290 valence electrons. The van der Waals surface area contributed by atoms with E-state index in [9.17, 15) is 0 Å². The van der Waals surface area contributed by atoms with E-state index in [1.54, 1.807) is 0 Å². The van der Waals surface area contributed by atoms with Crippen molar-refractivity contribution in [1.29, 1.82) is 0 Å². The molecule has 0 unspecified atom stereocenters. The van der Waals surface area contributed by atoms with Crippen LogP contribution < -0.4 is 9.80 Å². The molecule has 0 amide bonds. The summed E-state index contributed by atoms with van der Waals surface area (Å²) in [6.07, 6.45) is 0. The summed E-state index contributed by atoms with van der Waals surface area (Å²) in [5.74, 6) is 0. The largest absolute Gasteiger partial charge is 0.310 e. The van der Waals surface area contributed by atoms with E-state index in [1.165, 1.54) is 55.5 Å². The van der Waals surface area contributed by atoms with Crippen LogP contribution in [0, 0.1) is 0 Å². The van der Waals surface area contributed by atoms with Crippen molar-refractivity contribution in [3.8, 4) is 33.5 Å². The number of anilines is 6. The first kappa shape index (κ1) is 36.3.